The summed E-state index contributed by atoms with van der Waals surface area (Å²) in [6.45, 7) is 2.17. The molecule has 0 aliphatic carbocycles. The van der Waals surface area contributed by atoms with Crippen molar-refractivity contribution in [1.82, 2.24) is 24.5 Å². The van der Waals surface area contributed by atoms with Crippen LogP contribution in [0.25, 0.3) is 11.5 Å². The molecule has 2 aromatic heterocycles. The molecule has 9 heteroatoms. The maximum absolute atomic E-state index is 11.3. The Morgan fingerprint density at radius 2 is 2.12 bits per heavy atom. The molecule has 0 saturated carbocycles. The van der Waals surface area contributed by atoms with Crippen molar-refractivity contribution in [2.75, 3.05) is 0 Å². The van der Waals surface area contributed by atoms with Gasteiger partial charge in [-0.25, -0.2) is 8.42 Å². The summed E-state index contributed by atoms with van der Waals surface area (Å²) in [5.41, 5.74) is 0.549. The first-order valence-electron chi connectivity index (χ1n) is 4.81. The van der Waals surface area contributed by atoms with Gasteiger partial charge >= 0.3 is 0 Å². The molecule has 0 radical (unpaired) electrons. The molecule has 0 fully saturated rings. The van der Waals surface area contributed by atoms with Crippen molar-refractivity contribution in [2.45, 2.75) is 18.6 Å². The van der Waals surface area contributed by atoms with Crippen LogP contribution in [-0.2, 0) is 22.6 Å². The van der Waals surface area contributed by atoms with Crippen molar-refractivity contribution < 1.29 is 8.42 Å². The monoisotopic (exact) mass is 275 g/mol. The SMILES string of the molecule is CCn1c(-c2ccn(C)n2)nnc1S(=O)(=O)Cl. The van der Waals surface area contributed by atoms with Gasteiger partial charge in [-0.15, -0.1) is 10.2 Å². The van der Waals surface area contributed by atoms with Gasteiger partial charge in [0.1, 0.15) is 5.69 Å². The van der Waals surface area contributed by atoms with Crippen molar-refractivity contribution in [2.24, 2.45) is 7.05 Å². The summed E-state index contributed by atoms with van der Waals surface area (Å²) in [4.78, 5) is 0. The third-order valence-corrected chi connectivity index (χ3v) is 3.35. The third kappa shape index (κ3) is 2.18. The van der Waals surface area contributed by atoms with Gasteiger partial charge in [-0.2, -0.15) is 5.10 Å². The van der Waals surface area contributed by atoms with E-state index in [0.717, 1.165) is 0 Å². The molecule has 0 bridgehead atoms. The minimum Gasteiger partial charge on any atom is -0.296 e. The second-order valence-corrected chi connectivity index (χ2v) is 5.82. The van der Waals surface area contributed by atoms with Crippen molar-refractivity contribution in [3.05, 3.63) is 12.3 Å². The van der Waals surface area contributed by atoms with Crippen molar-refractivity contribution in [1.29, 1.82) is 0 Å². The lowest BCUT2D eigenvalue weighted by Gasteiger charge is -2.02. The Bertz CT molecular complexity index is 645. The van der Waals surface area contributed by atoms with Crippen LogP contribution in [-0.4, -0.2) is 33.0 Å². The molecule has 2 aromatic rings. The van der Waals surface area contributed by atoms with Gasteiger partial charge in [0.2, 0.25) is 0 Å². The highest BCUT2D eigenvalue weighted by atomic mass is 35.7. The van der Waals surface area contributed by atoms with E-state index in [1.165, 1.54) is 4.57 Å². The lowest BCUT2D eigenvalue weighted by molar-refractivity contribution is 0.582. The predicted octanol–water partition coefficient (Wildman–Crippen LogP) is 0.626. The Kier molecular flexibility index (Phi) is 2.92. The van der Waals surface area contributed by atoms with E-state index < -0.39 is 9.05 Å². The molecule has 2 heterocycles. The second-order valence-electron chi connectivity index (χ2n) is 3.36. The highest BCUT2D eigenvalue weighted by molar-refractivity contribution is 8.13. The molecular formula is C8H10ClN5O2S. The van der Waals surface area contributed by atoms with Crippen LogP contribution in [0.15, 0.2) is 17.4 Å². The van der Waals surface area contributed by atoms with E-state index in [9.17, 15) is 8.42 Å². The number of nitrogens with zero attached hydrogens (tertiary/aromatic N) is 5. The highest BCUT2D eigenvalue weighted by Crippen LogP contribution is 2.20. The fourth-order valence-corrected chi connectivity index (χ4v) is 2.44. The van der Waals surface area contributed by atoms with E-state index in [1.54, 1.807) is 30.9 Å². The normalized spacial score (nSPS) is 11.9. The largest absolute Gasteiger partial charge is 0.296 e. The standard InChI is InChI=1S/C8H10ClN5O2S/c1-3-14-7(6-4-5-13(2)12-6)10-11-8(14)17(9,15)16/h4-5H,3H2,1-2H3. The number of rotatable bonds is 3. The van der Waals surface area contributed by atoms with Gasteiger partial charge in [-0.05, 0) is 13.0 Å². The molecule has 0 atom stereocenters. The fraction of sp³-hybridized carbons (Fsp3) is 0.375. The van der Waals surface area contributed by atoms with Crippen molar-refractivity contribution >= 4 is 19.7 Å². The zero-order valence-corrected chi connectivity index (χ0v) is 10.8. The lowest BCUT2D eigenvalue weighted by Crippen LogP contribution is -2.06. The van der Waals surface area contributed by atoms with E-state index in [0.29, 0.717) is 18.1 Å². The Morgan fingerprint density at radius 1 is 1.41 bits per heavy atom. The van der Waals surface area contributed by atoms with Gasteiger partial charge in [-0.1, -0.05) is 0 Å². The van der Waals surface area contributed by atoms with Gasteiger partial charge in [0.05, 0.1) is 0 Å². The van der Waals surface area contributed by atoms with E-state index >= 15 is 0 Å². The molecule has 7 nitrogen and oxygen atoms in total. The predicted molar refractivity (Wildman–Crippen MR) is 60.9 cm³/mol. The summed E-state index contributed by atoms with van der Waals surface area (Å²) in [6.07, 6.45) is 1.74. The summed E-state index contributed by atoms with van der Waals surface area (Å²) in [5, 5.41) is 11.3. The number of aryl methyl sites for hydroxylation is 1. The summed E-state index contributed by atoms with van der Waals surface area (Å²) in [6, 6.07) is 1.72. The molecule has 0 aromatic carbocycles. The molecule has 0 saturated heterocycles. The van der Waals surface area contributed by atoms with Gasteiger partial charge in [0, 0.05) is 30.5 Å². The summed E-state index contributed by atoms with van der Waals surface area (Å²) < 4.78 is 25.6. The number of hydrogen-bond acceptors (Lipinski definition) is 5. The topological polar surface area (TPSA) is 82.7 Å². The Hall–Kier alpha value is -1.41. The summed E-state index contributed by atoms with van der Waals surface area (Å²) in [7, 11) is 3.13. The van der Waals surface area contributed by atoms with Crippen molar-refractivity contribution in [3.63, 3.8) is 0 Å². The minimum atomic E-state index is -3.90. The smallest absolute Gasteiger partial charge is 0.296 e. The first kappa shape index (κ1) is 12.1. The lowest BCUT2D eigenvalue weighted by atomic mass is 10.4. The summed E-state index contributed by atoms with van der Waals surface area (Å²) in [5.74, 6) is 0.382. The van der Waals surface area contributed by atoms with Crippen LogP contribution in [0.4, 0.5) is 0 Å². The molecule has 0 spiro atoms. The Balaban J connectivity index is 2.61. The van der Waals surface area contributed by atoms with Gasteiger partial charge in [0.25, 0.3) is 14.2 Å². The maximum Gasteiger partial charge on any atom is 0.296 e. The van der Waals surface area contributed by atoms with E-state index in [-0.39, 0.29) is 5.16 Å². The maximum atomic E-state index is 11.3. The van der Waals surface area contributed by atoms with Crippen LogP contribution in [0.2, 0.25) is 0 Å². The Labute approximate surface area is 102 Å². The quantitative estimate of drug-likeness (QED) is 0.767. The zero-order chi connectivity index (χ0) is 12.6. The van der Waals surface area contributed by atoms with Crippen LogP contribution >= 0.6 is 10.7 Å². The number of hydrogen-bond donors (Lipinski definition) is 0. The first-order chi connectivity index (χ1) is 7.93. The van der Waals surface area contributed by atoms with Crippen LogP contribution in [0, 0.1) is 0 Å². The molecular weight excluding hydrogens is 266 g/mol. The Morgan fingerprint density at radius 3 is 2.59 bits per heavy atom. The van der Waals surface area contributed by atoms with Crippen LogP contribution in [0.3, 0.4) is 0 Å². The van der Waals surface area contributed by atoms with Crippen LogP contribution < -0.4 is 0 Å². The molecule has 0 aliphatic heterocycles. The zero-order valence-electron chi connectivity index (χ0n) is 9.20. The molecule has 2 rings (SSSR count). The van der Waals surface area contributed by atoms with Gasteiger partial charge in [-0.3, -0.25) is 9.25 Å². The molecule has 92 valence electrons. The number of halogens is 1. The fourth-order valence-electron chi connectivity index (χ4n) is 1.48. The molecule has 0 unspecified atom stereocenters. The molecule has 0 amide bonds. The van der Waals surface area contributed by atoms with E-state index in [1.807, 2.05) is 0 Å². The van der Waals surface area contributed by atoms with Crippen LogP contribution in [0.1, 0.15) is 6.92 Å². The van der Waals surface area contributed by atoms with Gasteiger partial charge < -0.3 is 0 Å². The third-order valence-electron chi connectivity index (χ3n) is 2.19. The van der Waals surface area contributed by atoms with Gasteiger partial charge in [0.15, 0.2) is 5.82 Å². The number of aromatic nitrogens is 5. The van der Waals surface area contributed by atoms with Crippen molar-refractivity contribution in [3.8, 4) is 11.5 Å². The van der Waals surface area contributed by atoms with Crippen LogP contribution in [0.5, 0.6) is 0 Å². The minimum absolute atomic E-state index is 0.262. The molecule has 0 N–H and O–H groups in total. The van der Waals surface area contributed by atoms with E-state index in [4.69, 9.17) is 10.7 Å². The summed E-state index contributed by atoms with van der Waals surface area (Å²) >= 11 is 0. The highest BCUT2D eigenvalue weighted by Gasteiger charge is 2.23. The average molecular weight is 276 g/mol. The average Bonchev–Trinajstić information content (AvgIpc) is 2.81. The van der Waals surface area contributed by atoms with E-state index in [2.05, 4.69) is 15.3 Å². The molecule has 17 heavy (non-hydrogen) atoms. The first-order valence-corrected chi connectivity index (χ1v) is 7.12. The second kappa shape index (κ2) is 4.11. The molecule has 0 aliphatic rings.